The number of hydrogen-bond acceptors (Lipinski definition) is 2. The molecule has 1 aromatic carbocycles. The Balaban J connectivity index is 2.27. The van der Waals surface area contributed by atoms with Crippen LogP contribution in [0.15, 0.2) is 12.1 Å². The molecule has 0 aromatic heterocycles. The highest BCUT2D eigenvalue weighted by molar-refractivity contribution is 5.53. The van der Waals surface area contributed by atoms with E-state index in [-0.39, 0.29) is 11.9 Å². The number of aryl methyl sites for hydroxylation is 1. The predicted molar refractivity (Wildman–Crippen MR) is 69.9 cm³/mol. The highest BCUT2D eigenvalue weighted by Crippen LogP contribution is 2.27. The molecule has 1 fully saturated rings. The Kier molecular flexibility index (Phi) is 3.67. The maximum Gasteiger partial charge on any atom is 0.146 e. The lowest BCUT2D eigenvalue weighted by molar-refractivity contribution is 0.617. The van der Waals surface area contributed by atoms with Crippen LogP contribution in [0.4, 0.5) is 10.1 Å². The van der Waals surface area contributed by atoms with Gasteiger partial charge >= 0.3 is 0 Å². The Bertz CT molecular complexity index is 395. The maximum atomic E-state index is 14.0. The molecular weight excluding hydrogens is 215 g/mol. The van der Waals surface area contributed by atoms with Crippen LogP contribution in [0.1, 0.15) is 30.9 Å². The lowest BCUT2D eigenvalue weighted by Gasteiger charge is -2.20. The van der Waals surface area contributed by atoms with Gasteiger partial charge in [0.2, 0.25) is 0 Å². The van der Waals surface area contributed by atoms with Crippen molar-refractivity contribution in [2.24, 2.45) is 5.73 Å². The number of rotatable bonds is 3. The molecule has 1 aliphatic heterocycles. The minimum Gasteiger partial charge on any atom is -0.369 e. The lowest BCUT2D eigenvalue weighted by Crippen LogP contribution is -2.21. The number of benzene rings is 1. The van der Waals surface area contributed by atoms with Crippen LogP contribution in [-0.2, 0) is 6.42 Å². The van der Waals surface area contributed by atoms with Gasteiger partial charge in [-0.3, -0.25) is 0 Å². The summed E-state index contributed by atoms with van der Waals surface area (Å²) in [7, 11) is 0. The zero-order valence-corrected chi connectivity index (χ0v) is 10.7. The Labute approximate surface area is 103 Å². The summed E-state index contributed by atoms with van der Waals surface area (Å²) in [6, 6.07) is 3.70. The molecule has 2 rings (SSSR count). The third-order valence-corrected chi connectivity index (χ3v) is 3.39. The zero-order chi connectivity index (χ0) is 12.4. The molecular formula is C14H21FN2. The topological polar surface area (TPSA) is 29.3 Å². The van der Waals surface area contributed by atoms with Crippen LogP contribution in [0.5, 0.6) is 0 Å². The first-order chi connectivity index (χ1) is 8.08. The molecule has 1 saturated heterocycles. The highest BCUT2D eigenvalue weighted by atomic mass is 19.1. The standard InChI is InChI=1S/C14H21FN2/c1-10-7-14(17-5-3-4-6-17)13(15)9-12(10)8-11(2)16/h7,9,11H,3-6,8,16H2,1-2H3. The zero-order valence-electron chi connectivity index (χ0n) is 10.7. The van der Waals surface area contributed by atoms with E-state index in [0.29, 0.717) is 0 Å². The highest BCUT2D eigenvalue weighted by Gasteiger charge is 2.17. The summed E-state index contributed by atoms with van der Waals surface area (Å²) in [6.07, 6.45) is 3.07. The van der Waals surface area contributed by atoms with Gasteiger partial charge in [-0.1, -0.05) is 0 Å². The van der Waals surface area contributed by atoms with Crippen molar-refractivity contribution in [3.05, 3.63) is 29.1 Å². The van der Waals surface area contributed by atoms with Gasteiger partial charge in [0.15, 0.2) is 0 Å². The van der Waals surface area contributed by atoms with Crippen LogP contribution in [0.2, 0.25) is 0 Å². The summed E-state index contributed by atoms with van der Waals surface area (Å²) in [5.74, 6) is -0.104. The molecule has 17 heavy (non-hydrogen) atoms. The summed E-state index contributed by atoms with van der Waals surface area (Å²) < 4.78 is 14.0. The molecule has 1 unspecified atom stereocenters. The third-order valence-electron chi connectivity index (χ3n) is 3.39. The molecule has 0 radical (unpaired) electrons. The molecule has 0 spiro atoms. The van der Waals surface area contributed by atoms with Gasteiger partial charge < -0.3 is 10.6 Å². The van der Waals surface area contributed by atoms with E-state index in [1.807, 2.05) is 19.9 Å². The van der Waals surface area contributed by atoms with Gasteiger partial charge in [0.25, 0.3) is 0 Å². The predicted octanol–water partition coefficient (Wildman–Crippen LogP) is 2.62. The van der Waals surface area contributed by atoms with Crippen molar-refractivity contribution in [1.82, 2.24) is 0 Å². The normalized spacial score (nSPS) is 17.5. The van der Waals surface area contributed by atoms with E-state index in [1.165, 1.54) is 12.8 Å². The molecule has 1 aliphatic rings. The summed E-state index contributed by atoms with van der Waals surface area (Å²) in [6.45, 7) is 5.94. The Hall–Kier alpha value is -1.09. The van der Waals surface area contributed by atoms with Crippen molar-refractivity contribution < 1.29 is 4.39 Å². The fourth-order valence-corrected chi connectivity index (χ4v) is 2.47. The summed E-state index contributed by atoms with van der Waals surface area (Å²) >= 11 is 0. The number of nitrogens with two attached hydrogens (primary N) is 1. The van der Waals surface area contributed by atoms with Crippen molar-refractivity contribution >= 4 is 5.69 Å². The summed E-state index contributed by atoms with van der Waals surface area (Å²) in [4.78, 5) is 2.14. The van der Waals surface area contributed by atoms with E-state index >= 15 is 0 Å². The SMILES string of the molecule is Cc1cc(N2CCCC2)c(F)cc1CC(C)N. The average molecular weight is 236 g/mol. The molecule has 1 heterocycles. The van der Waals surface area contributed by atoms with Crippen LogP contribution in [0, 0.1) is 12.7 Å². The minimum atomic E-state index is -0.104. The molecule has 94 valence electrons. The lowest BCUT2D eigenvalue weighted by atomic mass is 10.0. The fourth-order valence-electron chi connectivity index (χ4n) is 2.47. The average Bonchev–Trinajstić information content (AvgIpc) is 2.75. The maximum absolute atomic E-state index is 14.0. The number of anilines is 1. The molecule has 0 saturated carbocycles. The van der Waals surface area contributed by atoms with Crippen LogP contribution in [0.3, 0.4) is 0 Å². The molecule has 2 N–H and O–H groups in total. The van der Waals surface area contributed by atoms with E-state index in [9.17, 15) is 4.39 Å². The number of halogens is 1. The molecule has 1 atom stereocenters. The van der Waals surface area contributed by atoms with Gasteiger partial charge in [0.1, 0.15) is 5.82 Å². The Morgan fingerprint density at radius 2 is 2.00 bits per heavy atom. The molecule has 0 aliphatic carbocycles. The second-order valence-corrected chi connectivity index (χ2v) is 5.11. The van der Waals surface area contributed by atoms with Gasteiger partial charge in [-0.25, -0.2) is 4.39 Å². The Morgan fingerprint density at radius 1 is 1.35 bits per heavy atom. The largest absolute Gasteiger partial charge is 0.369 e. The van der Waals surface area contributed by atoms with Crippen LogP contribution >= 0.6 is 0 Å². The van der Waals surface area contributed by atoms with Crippen LogP contribution in [-0.4, -0.2) is 19.1 Å². The van der Waals surface area contributed by atoms with Crippen molar-refractivity contribution in [3.63, 3.8) is 0 Å². The smallest absolute Gasteiger partial charge is 0.146 e. The number of nitrogens with zero attached hydrogens (tertiary/aromatic N) is 1. The van der Waals surface area contributed by atoms with E-state index in [2.05, 4.69) is 4.90 Å². The van der Waals surface area contributed by atoms with E-state index in [0.717, 1.165) is 36.3 Å². The molecule has 3 heteroatoms. The van der Waals surface area contributed by atoms with Crippen LogP contribution in [0.25, 0.3) is 0 Å². The molecule has 2 nitrogen and oxygen atoms in total. The summed E-state index contributed by atoms with van der Waals surface area (Å²) in [5, 5.41) is 0. The van der Waals surface area contributed by atoms with E-state index in [4.69, 9.17) is 5.73 Å². The van der Waals surface area contributed by atoms with Gasteiger partial charge in [-0.05, 0) is 56.4 Å². The second-order valence-electron chi connectivity index (χ2n) is 5.11. The first-order valence-corrected chi connectivity index (χ1v) is 6.37. The quantitative estimate of drug-likeness (QED) is 0.874. The third kappa shape index (κ3) is 2.78. The number of hydrogen-bond donors (Lipinski definition) is 1. The monoisotopic (exact) mass is 236 g/mol. The molecule has 0 amide bonds. The van der Waals surface area contributed by atoms with Crippen LogP contribution < -0.4 is 10.6 Å². The molecule has 0 bridgehead atoms. The molecule has 1 aromatic rings. The van der Waals surface area contributed by atoms with Gasteiger partial charge in [0, 0.05) is 19.1 Å². The van der Waals surface area contributed by atoms with E-state index in [1.54, 1.807) is 6.07 Å². The van der Waals surface area contributed by atoms with Gasteiger partial charge in [-0.2, -0.15) is 0 Å². The van der Waals surface area contributed by atoms with Crippen molar-refractivity contribution in [3.8, 4) is 0 Å². The first-order valence-electron chi connectivity index (χ1n) is 6.37. The van der Waals surface area contributed by atoms with Crippen molar-refractivity contribution in [2.45, 2.75) is 39.2 Å². The van der Waals surface area contributed by atoms with Gasteiger partial charge in [-0.15, -0.1) is 0 Å². The summed E-state index contributed by atoms with van der Waals surface area (Å²) in [5.41, 5.74) is 8.70. The van der Waals surface area contributed by atoms with E-state index < -0.39 is 0 Å². The fraction of sp³-hybridized carbons (Fsp3) is 0.571. The Morgan fingerprint density at radius 3 is 2.59 bits per heavy atom. The minimum absolute atomic E-state index is 0.0748. The first kappa shape index (κ1) is 12.4. The second kappa shape index (κ2) is 5.05. The van der Waals surface area contributed by atoms with Crippen molar-refractivity contribution in [1.29, 1.82) is 0 Å². The van der Waals surface area contributed by atoms with Crippen molar-refractivity contribution in [2.75, 3.05) is 18.0 Å². The van der Waals surface area contributed by atoms with Gasteiger partial charge in [0.05, 0.1) is 5.69 Å².